The summed E-state index contributed by atoms with van der Waals surface area (Å²) in [4.78, 5) is 25.5. The van der Waals surface area contributed by atoms with E-state index in [4.69, 9.17) is 25.8 Å². The molecule has 3 rings (SSSR count). The van der Waals surface area contributed by atoms with Crippen LogP contribution in [0, 0.1) is 5.92 Å². The van der Waals surface area contributed by atoms with E-state index < -0.39 is 35.7 Å². The Hall–Kier alpha value is -3.18. The van der Waals surface area contributed by atoms with Gasteiger partial charge in [0, 0.05) is 10.6 Å². The molecule has 8 nitrogen and oxygen atoms in total. The lowest BCUT2D eigenvalue weighted by atomic mass is 9.77. The summed E-state index contributed by atoms with van der Waals surface area (Å²) in [7, 11) is 3.93. The number of hydrogen-bond acceptors (Lipinski definition) is 6. The van der Waals surface area contributed by atoms with Crippen LogP contribution in [0.4, 0.5) is 18.0 Å². The van der Waals surface area contributed by atoms with Crippen molar-refractivity contribution in [3.8, 4) is 17.2 Å². The monoisotopic (exact) mass is 488 g/mol. The van der Waals surface area contributed by atoms with Gasteiger partial charge in [0.1, 0.15) is 5.92 Å². The Morgan fingerprint density at radius 3 is 2.06 bits per heavy atom. The van der Waals surface area contributed by atoms with Crippen LogP contribution in [-0.2, 0) is 0 Å². The van der Waals surface area contributed by atoms with Crippen LogP contribution in [-0.4, -0.2) is 50.2 Å². The number of ether oxygens (including phenoxy) is 3. The number of benzene rings is 2. The van der Waals surface area contributed by atoms with Crippen LogP contribution in [0.15, 0.2) is 36.4 Å². The van der Waals surface area contributed by atoms with Crippen LogP contribution in [0.1, 0.15) is 22.0 Å². The van der Waals surface area contributed by atoms with Crippen molar-refractivity contribution in [1.29, 1.82) is 0 Å². The highest BCUT2D eigenvalue weighted by Gasteiger charge is 2.66. The maximum Gasteiger partial charge on any atom is 0.437 e. The second-order valence-corrected chi connectivity index (χ2v) is 7.58. The third kappa shape index (κ3) is 4.38. The molecule has 0 radical (unpaired) electrons. The summed E-state index contributed by atoms with van der Waals surface area (Å²) < 4.78 is 57.8. The number of hydrogen-bond donors (Lipinski definition) is 3. The molecule has 0 aromatic heterocycles. The summed E-state index contributed by atoms with van der Waals surface area (Å²) in [6, 6.07) is 4.73. The Morgan fingerprint density at radius 1 is 1.06 bits per heavy atom. The molecule has 2 amide bonds. The van der Waals surface area contributed by atoms with E-state index in [0.717, 1.165) is 0 Å². The minimum Gasteiger partial charge on any atom is -0.493 e. The number of methoxy groups -OCH3 is 3. The lowest BCUT2D eigenvalue weighted by Crippen LogP contribution is -2.72. The van der Waals surface area contributed by atoms with E-state index >= 15 is 0 Å². The summed E-state index contributed by atoms with van der Waals surface area (Å²) in [5, 5.41) is 14.7. The highest BCUT2D eigenvalue weighted by Crippen LogP contribution is 2.47. The van der Waals surface area contributed by atoms with Crippen molar-refractivity contribution in [2.24, 2.45) is 5.92 Å². The number of halogens is 4. The molecule has 0 bridgehead atoms. The molecule has 0 saturated carbocycles. The van der Waals surface area contributed by atoms with Crippen LogP contribution in [0.5, 0.6) is 17.2 Å². The normalized spacial score (nSPS) is 22.7. The molecule has 178 valence electrons. The summed E-state index contributed by atoms with van der Waals surface area (Å²) >= 11 is 5.82. The lowest BCUT2D eigenvalue weighted by Gasteiger charge is -2.45. The molecule has 0 spiro atoms. The number of urea groups is 1. The molecule has 2 aromatic carbocycles. The third-order valence-corrected chi connectivity index (χ3v) is 5.52. The molecule has 3 atom stereocenters. The van der Waals surface area contributed by atoms with Crippen molar-refractivity contribution in [2.45, 2.75) is 17.9 Å². The first-order valence-electron chi connectivity index (χ1n) is 9.44. The van der Waals surface area contributed by atoms with Gasteiger partial charge in [0.25, 0.3) is 0 Å². The van der Waals surface area contributed by atoms with Crippen LogP contribution in [0.3, 0.4) is 0 Å². The maximum atomic E-state index is 14.1. The van der Waals surface area contributed by atoms with Crippen molar-refractivity contribution >= 4 is 23.4 Å². The van der Waals surface area contributed by atoms with Gasteiger partial charge in [-0.1, -0.05) is 11.6 Å². The van der Waals surface area contributed by atoms with Gasteiger partial charge in [-0.15, -0.1) is 0 Å². The quantitative estimate of drug-likeness (QED) is 0.538. The van der Waals surface area contributed by atoms with Gasteiger partial charge in [-0.2, -0.15) is 13.2 Å². The number of rotatable bonds is 6. The molecule has 1 aliphatic heterocycles. The molecule has 1 saturated heterocycles. The molecular formula is C21H20ClF3N2O6. The van der Waals surface area contributed by atoms with E-state index in [2.05, 4.69) is 5.32 Å². The smallest absolute Gasteiger partial charge is 0.437 e. The third-order valence-electron chi connectivity index (χ3n) is 5.26. The van der Waals surface area contributed by atoms with E-state index in [9.17, 15) is 27.9 Å². The summed E-state index contributed by atoms with van der Waals surface area (Å²) in [6.07, 6.45) is -5.39. The lowest BCUT2D eigenvalue weighted by molar-refractivity contribution is -0.287. The van der Waals surface area contributed by atoms with Crippen molar-refractivity contribution in [3.05, 3.63) is 52.5 Å². The fourth-order valence-electron chi connectivity index (χ4n) is 3.69. The van der Waals surface area contributed by atoms with Crippen LogP contribution in [0.25, 0.3) is 0 Å². The predicted molar refractivity (Wildman–Crippen MR) is 111 cm³/mol. The van der Waals surface area contributed by atoms with Crippen LogP contribution >= 0.6 is 11.6 Å². The predicted octanol–water partition coefficient (Wildman–Crippen LogP) is 3.47. The van der Waals surface area contributed by atoms with E-state index in [0.29, 0.717) is 0 Å². The largest absolute Gasteiger partial charge is 0.493 e. The topological polar surface area (TPSA) is 106 Å². The first kappa shape index (κ1) is 24.5. The maximum absolute atomic E-state index is 14.1. The second kappa shape index (κ2) is 8.99. The van der Waals surface area contributed by atoms with Gasteiger partial charge in [0.05, 0.1) is 27.4 Å². The zero-order valence-corrected chi connectivity index (χ0v) is 18.4. The van der Waals surface area contributed by atoms with Gasteiger partial charge in [0.2, 0.25) is 11.5 Å². The number of carbonyl (C=O) groups excluding carboxylic acids is 2. The minimum absolute atomic E-state index is 0.00865. The average molecular weight is 489 g/mol. The zero-order valence-electron chi connectivity index (χ0n) is 17.6. The van der Waals surface area contributed by atoms with Crippen molar-refractivity contribution in [1.82, 2.24) is 10.6 Å². The van der Waals surface area contributed by atoms with Crippen molar-refractivity contribution in [2.75, 3.05) is 21.3 Å². The highest BCUT2D eigenvalue weighted by molar-refractivity contribution is 6.30. The number of carbonyl (C=O) groups is 2. The number of Topliss-reactive ketones (excluding diaryl/α,β-unsaturated/α-hetero) is 1. The molecule has 2 aromatic rings. The molecular weight excluding hydrogens is 469 g/mol. The first-order chi connectivity index (χ1) is 15.5. The fourth-order valence-corrected chi connectivity index (χ4v) is 3.82. The molecule has 1 heterocycles. The van der Waals surface area contributed by atoms with Crippen molar-refractivity contribution < 1.29 is 42.1 Å². The Kier molecular flexibility index (Phi) is 6.66. The Morgan fingerprint density at radius 2 is 1.61 bits per heavy atom. The summed E-state index contributed by atoms with van der Waals surface area (Å²) in [5.41, 5.74) is -4.02. The standard InChI is InChI=1S/C21H20ClF3N2O6/c1-31-13-8-11(9-14(32-2)18(13)33-3)16-15(17(28)10-4-6-12(22)7-5-10)20(30,21(23,24)25)27-19(29)26-16/h4-9,15-16,30H,1-3H3,(H2,26,27,29). The number of ketones is 1. The number of amides is 2. The average Bonchev–Trinajstić information content (AvgIpc) is 2.76. The van der Waals surface area contributed by atoms with E-state index in [1.807, 2.05) is 0 Å². The molecule has 33 heavy (non-hydrogen) atoms. The SMILES string of the molecule is COc1cc(C2NC(=O)NC(O)(C(F)(F)F)C2C(=O)c2ccc(Cl)cc2)cc(OC)c1OC. The molecule has 12 heteroatoms. The molecule has 0 aliphatic carbocycles. The van der Waals surface area contributed by atoms with Gasteiger partial charge in [-0.3, -0.25) is 4.79 Å². The van der Waals surface area contributed by atoms with E-state index in [1.54, 1.807) is 0 Å². The van der Waals surface area contributed by atoms with E-state index in [-0.39, 0.29) is 33.4 Å². The zero-order chi connectivity index (χ0) is 24.6. The van der Waals surface area contributed by atoms with Gasteiger partial charge in [-0.25, -0.2) is 4.79 Å². The Bertz CT molecular complexity index is 1040. The van der Waals surface area contributed by atoms with Gasteiger partial charge in [0.15, 0.2) is 17.3 Å². The van der Waals surface area contributed by atoms with Gasteiger partial charge in [-0.05, 0) is 42.0 Å². The highest BCUT2D eigenvalue weighted by atomic mass is 35.5. The second-order valence-electron chi connectivity index (χ2n) is 7.15. The Labute approximate surface area is 191 Å². The molecule has 1 aliphatic rings. The van der Waals surface area contributed by atoms with Crippen molar-refractivity contribution in [3.63, 3.8) is 0 Å². The van der Waals surface area contributed by atoms with Gasteiger partial charge < -0.3 is 30.0 Å². The van der Waals surface area contributed by atoms with Crippen LogP contribution < -0.4 is 24.8 Å². The minimum atomic E-state index is -5.39. The molecule has 1 fully saturated rings. The number of aliphatic hydroxyl groups is 1. The first-order valence-corrected chi connectivity index (χ1v) is 9.82. The number of nitrogens with one attached hydrogen (secondary N) is 2. The van der Waals surface area contributed by atoms with Crippen LogP contribution in [0.2, 0.25) is 5.02 Å². The van der Waals surface area contributed by atoms with Gasteiger partial charge >= 0.3 is 12.2 Å². The summed E-state index contributed by atoms with van der Waals surface area (Å²) in [6.45, 7) is 0. The molecule has 3 N–H and O–H groups in total. The Balaban J connectivity index is 2.24. The summed E-state index contributed by atoms with van der Waals surface area (Å²) in [5.74, 6) is -3.01. The number of alkyl halides is 3. The molecule has 3 unspecified atom stereocenters. The van der Waals surface area contributed by atoms with E-state index in [1.165, 1.54) is 63.0 Å². The fraction of sp³-hybridized carbons (Fsp3) is 0.333.